The predicted molar refractivity (Wildman–Crippen MR) is 74.9 cm³/mol. The van der Waals surface area contributed by atoms with E-state index in [-0.39, 0.29) is 0 Å². The fourth-order valence-electron chi connectivity index (χ4n) is 2.13. The van der Waals surface area contributed by atoms with E-state index >= 15 is 0 Å². The highest BCUT2D eigenvalue weighted by Gasteiger charge is 2.07. The van der Waals surface area contributed by atoms with Crippen molar-refractivity contribution in [2.75, 3.05) is 5.73 Å². The third kappa shape index (κ3) is 2.68. The Morgan fingerprint density at radius 2 is 1.71 bits per heavy atom. The molecule has 0 unspecified atom stereocenters. The second-order valence-corrected chi connectivity index (χ2v) is 4.34. The van der Waals surface area contributed by atoms with Crippen molar-refractivity contribution >= 4 is 5.69 Å². The van der Waals surface area contributed by atoms with E-state index in [2.05, 4.69) is 37.3 Å². The van der Waals surface area contributed by atoms with Crippen molar-refractivity contribution in [3.8, 4) is 11.1 Å². The summed E-state index contributed by atoms with van der Waals surface area (Å²) in [7, 11) is 0. The number of anilines is 1. The SMILES string of the molecule is CCCCc1c(N)cccc1-c1ccccc1. The molecule has 0 bridgehead atoms. The molecule has 0 fully saturated rings. The minimum absolute atomic E-state index is 0.916. The zero-order chi connectivity index (χ0) is 12.1. The number of nitrogens with two attached hydrogens (primary N) is 1. The lowest BCUT2D eigenvalue weighted by atomic mass is 9.95. The van der Waals surface area contributed by atoms with E-state index in [0.717, 1.165) is 12.1 Å². The second kappa shape index (κ2) is 5.53. The predicted octanol–water partition coefficient (Wildman–Crippen LogP) is 4.28. The molecule has 2 rings (SSSR count). The normalized spacial score (nSPS) is 10.4. The average molecular weight is 225 g/mol. The third-order valence-corrected chi connectivity index (χ3v) is 3.08. The Balaban J connectivity index is 2.43. The topological polar surface area (TPSA) is 26.0 Å². The number of unbranched alkanes of at least 4 members (excludes halogenated alkanes) is 1. The van der Waals surface area contributed by atoms with Gasteiger partial charge < -0.3 is 5.73 Å². The van der Waals surface area contributed by atoms with Crippen molar-refractivity contribution in [3.05, 3.63) is 54.1 Å². The van der Waals surface area contributed by atoms with Crippen LogP contribution in [0.3, 0.4) is 0 Å². The number of nitrogen functional groups attached to an aromatic ring is 1. The van der Waals surface area contributed by atoms with Crippen molar-refractivity contribution < 1.29 is 0 Å². The van der Waals surface area contributed by atoms with Gasteiger partial charge in [0.15, 0.2) is 0 Å². The molecule has 2 N–H and O–H groups in total. The van der Waals surface area contributed by atoms with Crippen LogP contribution < -0.4 is 5.73 Å². The molecule has 17 heavy (non-hydrogen) atoms. The van der Waals surface area contributed by atoms with Gasteiger partial charge in [-0.2, -0.15) is 0 Å². The van der Waals surface area contributed by atoms with Crippen LogP contribution in [0.15, 0.2) is 48.5 Å². The van der Waals surface area contributed by atoms with Crippen molar-refractivity contribution in [1.82, 2.24) is 0 Å². The molecule has 0 aliphatic carbocycles. The van der Waals surface area contributed by atoms with Gasteiger partial charge in [0, 0.05) is 5.69 Å². The van der Waals surface area contributed by atoms with Gasteiger partial charge in [0.1, 0.15) is 0 Å². The lowest BCUT2D eigenvalue weighted by Gasteiger charge is -2.12. The second-order valence-electron chi connectivity index (χ2n) is 4.34. The van der Waals surface area contributed by atoms with Gasteiger partial charge in [-0.25, -0.2) is 0 Å². The van der Waals surface area contributed by atoms with E-state index < -0.39 is 0 Å². The largest absolute Gasteiger partial charge is 0.398 e. The molecule has 0 spiro atoms. The highest BCUT2D eigenvalue weighted by Crippen LogP contribution is 2.28. The molecule has 0 heterocycles. The number of hydrogen-bond acceptors (Lipinski definition) is 1. The molecule has 0 radical (unpaired) electrons. The zero-order valence-electron chi connectivity index (χ0n) is 10.3. The molecule has 0 amide bonds. The van der Waals surface area contributed by atoms with Crippen LogP contribution in [0.4, 0.5) is 5.69 Å². The van der Waals surface area contributed by atoms with E-state index in [4.69, 9.17) is 5.73 Å². The molecular formula is C16H19N. The molecule has 2 aromatic carbocycles. The van der Waals surface area contributed by atoms with Crippen molar-refractivity contribution in [3.63, 3.8) is 0 Å². The summed E-state index contributed by atoms with van der Waals surface area (Å²) < 4.78 is 0. The van der Waals surface area contributed by atoms with Crippen LogP contribution in [0.2, 0.25) is 0 Å². The Kier molecular flexibility index (Phi) is 3.81. The highest BCUT2D eigenvalue weighted by molar-refractivity contribution is 5.73. The number of hydrogen-bond donors (Lipinski definition) is 1. The molecule has 0 aliphatic rings. The van der Waals surface area contributed by atoms with Gasteiger partial charge in [0.05, 0.1) is 0 Å². The molecule has 0 aliphatic heterocycles. The third-order valence-electron chi connectivity index (χ3n) is 3.08. The zero-order valence-corrected chi connectivity index (χ0v) is 10.3. The van der Waals surface area contributed by atoms with Crippen LogP contribution in [0.25, 0.3) is 11.1 Å². The van der Waals surface area contributed by atoms with Gasteiger partial charge in [-0.05, 0) is 35.6 Å². The molecule has 0 aromatic heterocycles. The smallest absolute Gasteiger partial charge is 0.0352 e. The van der Waals surface area contributed by atoms with Crippen LogP contribution in [0.1, 0.15) is 25.3 Å². The fraction of sp³-hybridized carbons (Fsp3) is 0.250. The summed E-state index contributed by atoms with van der Waals surface area (Å²) in [6.45, 7) is 2.21. The maximum atomic E-state index is 6.10. The molecule has 1 nitrogen and oxygen atoms in total. The summed E-state index contributed by atoms with van der Waals surface area (Å²) in [5.74, 6) is 0. The minimum atomic E-state index is 0.916. The molecule has 2 aromatic rings. The number of rotatable bonds is 4. The maximum absolute atomic E-state index is 6.10. The van der Waals surface area contributed by atoms with Gasteiger partial charge >= 0.3 is 0 Å². The minimum Gasteiger partial charge on any atom is -0.398 e. The van der Waals surface area contributed by atoms with Gasteiger partial charge in [-0.1, -0.05) is 55.8 Å². The molecule has 88 valence electrons. The Labute approximate surface area is 103 Å². The van der Waals surface area contributed by atoms with E-state index in [1.165, 1.54) is 29.5 Å². The van der Waals surface area contributed by atoms with Gasteiger partial charge in [-0.15, -0.1) is 0 Å². The first-order valence-electron chi connectivity index (χ1n) is 6.25. The summed E-state index contributed by atoms with van der Waals surface area (Å²) >= 11 is 0. The van der Waals surface area contributed by atoms with Crippen LogP contribution in [-0.2, 0) is 6.42 Å². The van der Waals surface area contributed by atoms with Crippen molar-refractivity contribution in [1.29, 1.82) is 0 Å². The van der Waals surface area contributed by atoms with E-state index in [1.807, 2.05) is 18.2 Å². The Morgan fingerprint density at radius 1 is 0.941 bits per heavy atom. The summed E-state index contributed by atoms with van der Waals surface area (Å²) in [4.78, 5) is 0. The highest BCUT2D eigenvalue weighted by atomic mass is 14.6. The molecule has 0 saturated heterocycles. The van der Waals surface area contributed by atoms with E-state index in [0.29, 0.717) is 0 Å². The molecular weight excluding hydrogens is 206 g/mol. The molecule has 0 atom stereocenters. The lowest BCUT2D eigenvalue weighted by molar-refractivity contribution is 0.797. The first-order chi connectivity index (χ1) is 8.33. The van der Waals surface area contributed by atoms with Gasteiger partial charge in [-0.3, -0.25) is 0 Å². The van der Waals surface area contributed by atoms with E-state index in [1.54, 1.807) is 0 Å². The van der Waals surface area contributed by atoms with Crippen LogP contribution in [-0.4, -0.2) is 0 Å². The summed E-state index contributed by atoms with van der Waals surface area (Å²) in [5.41, 5.74) is 10.8. The van der Waals surface area contributed by atoms with Crippen LogP contribution >= 0.6 is 0 Å². The van der Waals surface area contributed by atoms with Gasteiger partial charge in [0.2, 0.25) is 0 Å². The van der Waals surface area contributed by atoms with Crippen LogP contribution in [0.5, 0.6) is 0 Å². The Hall–Kier alpha value is -1.76. The average Bonchev–Trinajstić information content (AvgIpc) is 2.38. The fourth-order valence-corrected chi connectivity index (χ4v) is 2.13. The summed E-state index contributed by atoms with van der Waals surface area (Å²) in [6, 6.07) is 16.7. The maximum Gasteiger partial charge on any atom is 0.0352 e. The lowest BCUT2D eigenvalue weighted by Crippen LogP contribution is -1.97. The quantitative estimate of drug-likeness (QED) is 0.772. The van der Waals surface area contributed by atoms with Crippen LogP contribution in [0, 0.1) is 0 Å². The van der Waals surface area contributed by atoms with E-state index in [9.17, 15) is 0 Å². The Morgan fingerprint density at radius 3 is 2.41 bits per heavy atom. The standard InChI is InChI=1S/C16H19N/c1-2-3-10-15-14(11-7-12-16(15)17)13-8-5-4-6-9-13/h4-9,11-12H,2-3,10,17H2,1H3. The molecule has 1 heteroatoms. The summed E-state index contributed by atoms with van der Waals surface area (Å²) in [6.07, 6.45) is 3.45. The number of benzene rings is 2. The monoisotopic (exact) mass is 225 g/mol. The first kappa shape index (κ1) is 11.7. The Bertz CT molecular complexity index is 474. The first-order valence-corrected chi connectivity index (χ1v) is 6.25. The summed E-state index contributed by atoms with van der Waals surface area (Å²) in [5, 5.41) is 0. The van der Waals surface area contributed by atoms with Crippen molar-refractivity contribution in [2.24, 2.45) is 0 Å². The van der Waals surface area contributed by atoms with Gasteiger partial charge in [0.25, 0.3) is 0 Å². The molecule has 0 saturated carbocycles. The van der Waals surface area contributed by atoms with Crippen molar-refractivity contribution in [2.45, 2.75) is 26.2 Å².